The molecule has 0 unspecified atom stereocenters. The minimum atomic E-state index is 0.171. The lowest BCUT2D eigenvalue weighted by molar-refractivity contribution is -0.136. The van der Waals surface area contributed by atoms with Crippen molar-refractivity contribution in [2.45, 2.75) is 31.7 Å². The third kappa shape index (κ3) is 3.67. The zero-order chi connectivity index (χ0) is 12.8. The number of amides is 1. The van der Waals surface area contributed by atoms with E-state index in [-0.39, 0.29) is 12.5 Å². The summed E-state index contributed by atoms with van der Waals surface area (Å²) in [4.78, 5) is 16.6. The zero-order valence-electron chi connectivity index (χ0n) is 11.1. The van der Waals surface area contributed by atoms with Gasteiger partial charge >= 0.3 is 0 Å². The summed E-state index contributed by atoms with van der Waals surface area (Å²) in [6.45, 7) is 5.31. The number of carbonyl (C=O) groups excluding carboxylic acids is 1. The van der Waals surface area contributed by atoms with E-state index in [0.29, 0.717) is 25.6 Å². The van der Waals surface area contributed by atoms with E-state index < -0.39 is 0 Å². The van der Waals surface area contributed by atoms with Gasteiger partial charge in [-0.3, -0.25) is 9.69 Å². The first-order valence-electron chi connectivity index (χ1n) is 7.14. The predicted molar refractivity (Wildman–Crippen MR) is 70.4 cm³/mol. The Morgan fingerprint density at radius 2 is 2.06 bits per heavy atom. The van der Waals surface area contributed by atoms with Gasteiger partial charge in [-0.25, -0.2) is 0 Å². The molecule has 1 heterocycles. The van der Waals surface area contributed by atoms with Crippen LogP contribution in [0.1, 0.15) is 25.7 Å². The van der Waals surface area contributed by atoms with Crippen LogP contribution in [0.4, 0.5) is 0 Å². The molecule has 2 rings (SSSR count). The lowest BCUT2D eigenvalue weighted by Crippen LogP contribution is -2.52. The molecule has 2 fully saturated rings. The van der Waals surface area contributed by atoms with Gasteiger partial charge < -0.3 is 15.3 Å². The lowest BCUT2D eigenvalue weighted by Gasteiger charge is -2.39. The number of hydrogen-bond acceptors (Lipinski definition) is 4. The van der Waals surface area contributed by atoms with Crippen molar-refractivity contribution < 1.29 is 9.90 Å². The van der Waals surface area contributed by atoms with Crippen LogP contribution in [-0.4, -0.2) is 72.7 Å². The Balaban J connectivity index is 1.81. The highest BCUT2D eigenvalue weighted by Crippen LogP contribution is 2.25. The van der Waals surface area contributed by atoms with E-state index in [1.807, 2.05) is 4.90 Å². The monoisotopic (exact) mass is 255 g/mol. The number of aliphatic hydroxyl groups excluding tert-OH is 1. The molecule has 0 aromatic rings. The maximum atomic E-state index is 12.3. The van der Waals surface area contributed by atoms with Gasteiger partial charge in [-0.15, -0.1) is 0 Å². The molecule has 104 valence electrons. The molecule has 0 bridgehead atoms. The van der Waals surface area contributed by atoms with E-state index in [1.54, 1.807) is 0 Å². The van der Waals surface area contributed by atoms with Crippen molar-refractivity contribution in [2.75, 3.05) is 45.9 Å². The second kappa shape index (κ2) is 7.07. The van der Waals surface area contributed by atoms with Gasteiger partial charge in [-0.05, 0) is 25.7 Å². The van der Waals surface area contributed by atoms with Crippen LogP contribution in [0.3, 0.4) is 0 Å². The highest BCUT2D eigenvalue weighted by atomic mass is 16.3. The Morgan fingerprint density at radius 3 is 2.61 bits per heavy atom. The van der Waals surface area contributed by atoms with Crippen LogP contribution >= 0.6 is 0 Å². The van der Waals surface area contributed by atoms with Crippen LogP contribution in [0.25, 0.3) is 0 Å². The van der Waals surface area contributed by atoms with Crippen molar-refractivity contribution in [1.29, 1.82) is 0 Å². The summed E-state index contributed by atoms with van der Waals surface area (Å²) in [5, 5.41) is 12.2. The van der Waals surface area contributed by atoms with Crippen LogP contribution < -0.4 is 5.32 Å². The molecule has 0 aromatic carbocycles. The maximum absolute atomic E-state index is 12.3. The molecule has 1 saturated heterocycles. The summed E-state index contributed by atoms with van der Waals surface area (Å²) in [7, 11) is 0. The fraction of sp³-hybridized carbons (Fsp3) is 0.923. The third-order valence-corrected chi connectivity index (χ3v) is 3.96. The van der Waals surface area contributed by atoms with E-state index in [0.717, 1.165) is 39.0 Å². The van der Waals surface area contributed by atoms with Crippen LogP contribution in [0, 0.1) is 0 Å². The van der Waals surface area contributed by atoms with Crippen LogP contribution in [-0.2, 0) is 4.79 Å². The van der Waals surface area contributed by atoms with Gasteiger partial charge in [0.05, 0.1) is 6.54 Å². The summed E-state index contributed by atoms with van der Waals surface area (Å²) in [5.74, 6) is 0.245. The van der Waals surface area contributed by atoms with Crippen molar-refractivity contribution in [3.8, 4) is 0 Å². The van der Waals surface area contributed by atoms with Gasteiger partial charge in [0.1, 0.15) is 0 Å². The normalized spacial score (nSPS) is 21.6. The molecule has 0 spiro atoms. The fourth-order valence-electron chi connectivity index (χ4n) is 2.60. The quantitative estimate of drug-likeness (QED) is 0.681. The molecule has 0 radical (unpaired) electrons. The maximum Gasteiger partial charge on any atom is 0.236 e. The van der Waals surface area contributed by atoms with E-state index in [4.69, 9.17) is 5.11 Å². The standard InChI is InChI=1S/C13H25N3O2/c17-10-2-7-16(12-3-1-4-12)13(18)11-15-8-5-14-6-9-15/h12,14,17H,1-11H2. The second-order valence-electron chi connectivity index (χ2n) is 5.28. The van der Waals surface area contributed by atoms with E-state index in [1.165, 1.54) is 6.42 Å². The molecule has 2 N–H and O–H groups in total. The van der Waals surface area contributed by atoms with Gasteiger partial charge in [0.2, 0.25) is 5.91 Å². The molecule has 1 saturated carbocycles. The Bertz CT molecular complexity index is 263. The summed E-state index contributed by atoms with van der Waals surface area (Å²) < 4.78 is 0. The summed E-state index contributed by atoms with van der Waals surface area (Å²) in [6.07, 6.45) is 4.21. The average molecular weight is 255 g/mol. The van der Waals surface area contributed by atoms with Crippen molar-refractivity contribution in [3.63, 3.8) is 0 Å². The summed E-state index contributed by atoms with van der Waals surface area (Å²) in [5.41, 5.74) is 0. The number of aliphatic hydroxyl groups is 1. The number of hydrogen-bond donors (Lipinski definition) is 2. The predicted octanol–water partition coefficient (Wildman–Crippen LogP) is -0.345. The number of nitrogens with zero attached hydrogens (tertiary/aromatic N) is 2. The second-order valence-corrected chi connectivity index (χ2v) is 5.28. The summed E-state index contributed by atoms with van der Waals surface area (Å²) >= 11 is 0. The minimum absolute atomic E-state index is 0.171. The third-order valence-electron chi connectivity index (χ3n) is 3.96. The molecule has 2 aliphatic rings. The van der Waals surface area contributed by atoms with E-state index in [2.05, 4.69) is 10.2 Å². The smallest absolute Gasteiger partial charge is 0.236 e. The number of piperazine rings is 1. The largest absolute Gasteiger partial charge is 0.396 e. The Labute approximate surface area is 109 Å². The average Bonchev–Trinajstić information content (AvgIpc) is 2.33. The van der Waals surface area contributed by atoms with Gasteiger partial charge in [-0.2, -0.15) is 0 Å². The molecular weight excluding hydrogens is 230 g/mol. The Morgan fingerprint density at radius 1 is 1.33 bits per heavy atom. The van der Waals surface area contributed by atoms with Crippen molar-refractivity contribution >= 4 is 5.91 Å². The number of carbonyl (C=O) groups is 1. The lowest BCUT2D eigenvalue weighted by atomic mass is 9.91. The SMILES string of the molecule is O=C(CN1CCNCC1)N(CCCO)C1CCC1. The van der Waals surface area contributed by atoms with Crippen LogP contribution in [0.2, 0.25) is 0 Å². The first-order chi connectivity index (χ1) is 8.81. The fourth-order valence-corrected chi connectivity index (χ4v) is 2.60. The van der Waals surface area contributed by atoms with Crippen LogP contribution in [0.5, 0.6) is 0 Å². The highest BCUT2D eigenvalue weighted by molar-refractivity contribution is 5.78. The Kier molecular flexibility index (Phi) is 5.41. The number of rotatable bonds is 6. The minimum Gasteiger partial charge on any atom is -0.396 e. The van der Waals surface area contributed by atoms with Crippen molar-refractivity contribution in [3.05, 3.63) is 0 Å². The van der Waals surface area contributed by atoms with Crippen molar-refractivity contribution in [1.82, 2.24) is 15.1 Å². The summed E-state index contributed by atoms with van der Waals surface area (Å²) in [6, 6.07) is 0.437. The topological polar surface area (TPSA) is 55.8 Å². The Hall–Kier alpha value is -0.650. The first-order valence-corrected chi connectivity index (χ1v) is 7.14. The van der Waals surface area contributed by atoms with Crippen molar-refractivity contribution in [2.24, 2.45) is 0 Å². The van der Waals surface area contributed by atoms with E-state index >= 15 is 0 Å². The van der Waals surface area contributed by atoms with Gasteiger partial charge in [0, 0.05) is 45.4 Å². The van der Waals surface area contributed by atoms with Gasteiger partial charge in [0.25, 0.3) is 0 Å². The molecule has 0 aromatic heterocycles. The molecule has 5 heteroatoms. The molecule has 0 atom stereocenters. The first kappa shape index (κ1) is 13.8. The highest BCUT2D eigenvalue weighted by Gasteiger charge is 2.29. The molecule has 18 heavy (non-hydrogen) atoms. The molecule has 5 nitrogen and oxygen atoms in total. The zero-order valence-corrected chi connectivity index (χ0v) is 11.1. The van der Waals surface area contributed by atoms with E-state index in [9.17, 15) is 4.79 Å². The van der Waals surface area contributed by atoms with Crippen LogP contribution in [0.15, 0.2) is 0 Å². The molecular formula is C13H25N3O2. The molecule has 1 aliphatic carbocycles. The molecule has 1 amide bonds. The van der Waals surface area contributed by atoms with Gasteiger partial charge in [-0.1, -0.05) is 0 Å². The van der Waals surface area contributed by atoms with Gasteiger partial charge in [0.15, 0.2) is 0 Å². The number of nitrogens with one attached hydrogen (secondary N) is 1. The molecule has 1 aliphatic heterocycles.